The average Bonchev–Trinajstić information content (AvgIpc) is 3.33. The van der Waals surface area contributed by atoms with E-state index >= 15 is 0 Å². The number of fused-ring (bicyclic) bond motifs is 1. The molecule has 1 aliphatic heterocycles. The summed E-state index contributed by atoms with van der Waals surface area (Å²) in [7, 11) is 0. The summed E-state index contributed by atoms with van der Waals surface area (Å²) in [4.78, 5) is 39.2. The van der Waals surface area contributed by atoms with Gasteiger partial charge in [0.15, 0.2) is 5.79 Å². The number of ether oxygens (including phenoxy) is 3. The predicted octanol–water partition coefficient (Wildman–Crippen LogP) is 3.76. The van der Waals surface area contributed by atoms with Gasteiger partial charge in [-0.2, -0.15) is 0 Å². The number of carbonyl (C=O) groups excluding carboxylic acids is 3. The topological polar surface area (TPSA) is 143 Å². The van der Waals surface area contributed by atoms with E-state index in [4.69, 9.17) is 19.3 Å². The summed E-state index contributed by atoms with van der Waals surface area (Å²) in [5.74, 6) is -2.56. The number of nitrogens with one attached hydrogen (secondary N) is 2. The molecule has 0 bridgehead atoms. The van der Waals surface area contributed by atoms with Crippen molar-refractivity contribution in [3.05, 3.63) is 45.0 Å². The zero-order valence-corrected chi connectivity index (χ0v) is 26.9. The summed E-state index contributed by atoms with van der Waals surface area (Å²) in [6.07, 6.45) is 5.92. The minimum Gasteiger partial charge on any atom is -0.456 e. The van der Waals surface area contributed by atoms with E-state index in [1.807, 2.05) is 6.07 Å². The summed E-state index contributed by atoms with van der Waals surface area (Å²) in [6.45, 7) is 5.39. The van der Waals surface area contributed by atoms with E-state index in [0.717, 1.165) is 42.1 Å². The van der Waals surface area contributed by atoms with Crippen molar-refractivity contribution in [2.45, 2.75) is 115 Å². The molecule has 0 saturated carbocycles. The van der Waals surface area contributed by atoms with Crippen LogP contribution in [0.15, 0.2) is 35.9 Å². The Kier molecular flexibility index (Phi) is 13.7. The van der Waals surface area contributed by atoms with Crippen LogP contribution in [0.1, 0.15) is 88.9 Å². The smallest absolute Gasteiger partial charge is 0.338 e. The molecule has 1 saturated heterocycles. The van der Waals surface area contributed by atoms with Gasteiger partial charge >= 0.3 is 5.97 Å². The number of rotatable bonds is 16. The van der Waals surface area contributed by atoms with Gasteiger partial charge in [-0.3, -0.25) is 9.59 Å². The fraction of sp³-hybridized carbons (Fsp3) is 0.645. The van der Waals surface area contributed by atoms with E-state index in [2.05, 4.69) is 47.1 Å². The number of aliphatic hydroxyl groups is 2. The van der Waals surface area contributed by atoms with Gasteiger partial charge in [-0.1, -0.05) is 45.6 Å². The first-order chi connectivity index (χ1) is 20.1. The van der Waals surface area contributed by atoms with E-state index in [1.54, 1.807) is 24.3 Å². The number of unbranched alkanes of at least 4 members (excludes halogenated alkanes) is 4. The van der Waals surface area contributed by atoms with Crippen molar-refractivity contribution < 1.29 is 38.8 Å². The number of esters is 1. The van der Waals surface area contributed by atoms with Crippen molar-refractivity contribution in [1.82, 2.24) is 10.6 Å². The van der Waals surface area contributed by atoms with Crippen molar-refractivity contribution >= 4 is 40.4 Å². The molecule has 5 atom stereocenters. The van der Waals surface area contributed by atoms with Crippen LogP contribution < -0.4 is 10.6 Å². The number of amides is 2. The number of halogens is 1. The normalized spacial score (nSPS) is 22.4. The van der Waals surface area contributed by atoms with E-state index in [0.29, 0.717) is 18.4 Å². The quantitative estimate of drug-likeness (QED) is 0.116. The van der Waals surface area contributed by atoms with E-state index in [9.17, 15) is 19.5 Å². The van der Waals surface area contributed by atoms with Gasteiger partial charge in [-0.25, -0.2) is 4.79 Å². The molecule has 10 nitrogen and oxygen atoms in total. The Hall–Kier alpha value is -2.06. The van der Waals surface area contributed by atoms with E-state index in [-0.39, 0.29) is 25.1 Å². The van der Waals surface area contributed by atoms with Crippen molar-refractivity contribution in [2.24, 2.45) is 0 Å². The SMILES string of the molecule is CCCCCC1(CCCCC)OC2C=C(C(=O)NC(C(=O)NCCO)C(C)O)CC(OC(=O)c3cccc(I)c3)C2O1. The van der Waals surface area contributed by atoms with Crippen LogP contribution in [-0.4, -0.2) is 77.4 Å². The maximum atomic E-state index is 13.5. The third-order valence-corrected chi connectivity index (χ3v) is 8.24. The van der Waals surface area contributed by atoms with Crippen LogP contribution in [0.5, 0.6) is 0 Å². The highest BCUT2D eigenvalue weighted by Crippen LogP contribution is 2.43. The third-order valence-electron chi connectivity index (χ3n) is 7.57. The molecular weight excluding hydrogens is 655 g/mol. The second-order valence-electron chi connectivity index (χ2n) is 11.0. The number of aliphatic hydroxyl groups excluding tert-OH is 2. The molecule has 1 aromatic carbocycles. The van der Waals surface area contributed by atoms with Gasteiger partial charge in [-0.15, -0.1) is 0 Å². The molecular formula is C31H45IN2O8. The first-order valence-electron chi connectivity index (χ1n) is 15.0. The van der Waals surface area contributed by atoms with Crippen LogP contribution in [0.3, 0.4) is 0 Å². The molecule has 234 valence electrons. The lowest BCUT2D eigenvalue weighted by Gasteiger charge is -2.31. The average molecular weight is 701 g/mol. The lowest BCUT2D eigenvalue weighted by Crippen LogP contribution is -2.54. The van der Waals surface area contributed by atoms with Crippen molar-refractivity contribution in [1.29, 1.82) is 0 Å². The van der Waals surface area contributed by atoms with Crippen LogP contribution in [0.25, 0.3) is 0 Å². The maximum Gasteiger partial charge on any atom is 0.338 e. The summed E-state index contributed by atoms with van der Waals surface area (Å²) in [6, 6.07) is 5.83. The predicted molar refractivity (Wildman–Crippen MR) is 166 cm³/mol. The monoisotopic (exact) mass is 700 g/mol. The minimum atomic E-state index is -1.24. The van der Waals surface area contributed by atoms with Gasteiger partial charge < -0.3 is 35.1 Å². The van der Waals surface area contributed by atoms with Crippen LogP contribution in [-0.2, 0) is 23.8 Å². The maximum absolute atomic E-state index is 13.5. The zero-order valence-electron chi connectivity index (χ0n) is 24.8. The Bertz CT molecular complexity index is 1080. The summed E-state index contributed by atoms with van der Waals surface area (Å²) in [5, 5.41) is 24.3. The molecule has 4 N–H and O–H groups in total. The van der Waals surface area contributed by atoms with Gasteiger partial charge in [0.1, 0.15) is 24.4 Å². The van der Waals surface area contributed by atoms with Gasteiger partial charge in [0.2, 0.25) is 11.8 Å². The van der Waals surface area contributed by atoms with Gasteiger partial charge in [0.05, 0.1) is 18.3 Å². The molecule has 2 aliphatic rings. The molecule has 2 amide bonds. The van der Waals surface area contributed by atoms with Crippen LogP contribution in [0, 0.1) is 3.57 Å². The van der Waals surface area contributed by atoms with Gasteiger partial charge in [-0.05, 0) is 66.6 Å². The molecule has 0 spiro atoms. The molecule has 0 aromatic heterocycles. The fourth-order valence-corrected chi connectivity index (χ4v) is 5.89. The molecule has 42 heavy (non-hydrogen) atoms. The Morgan fingerprint density at radius 1 is 1.12 bits per heavy atom. The summed E-state index contributed by atoms with van der Waals surface area (Å²) < 4.78 is 20.1. The van der Waals surface area contributed by atoms with Crippen molar-refractivity contribution in [3.63, 3.8) is 0 Å². The molecule has 1 aliphatic carbocycles. The summed E-state index contributed by atoms with van der Waals surface area (Å²) in [5.41, 5.74) is 0.670. The minimum absolute atomic E-state index is 0.00978. The van der Waals surface area contributed by atoms with Crippen LogP contribution in [0.4, 0.5) is 0 Å². The lowest BCUT2D eigenvalue weighted by atomic mass is 9.91. The zero-order chi connectivity index (χ0) is 30.7. The fourth-order valence-electron chi connectivity index (χ4n) is 5.35. The summed E-state index contributed by atoms with van der Waals surface area (Å²) >= 11 is 2.13. The number of hydrogen-bond donors (Lipinski definition) is 4. The number of benzene rings is 1. The standard InChI is InChI=1S/C31H45IN2O8/c1-4-6-8-13-31(14-9-7-5-2)41-25-19-22(28(37)34-26(20(3)36)29(38)33-15-16-35)18-24(27(25)42-31)40-30(39)21-11-10-12-23(32)17-21/h10-12,17,19-20,24-27,35-36H,4-9,13-16,18H2,1-3H3,(H,33,38)(H,34,37). The molecule has 11 heteroatoms. The molecule has 3 rings (SSSR count). The number of hydrogen-bond acceptors (Lipinski definition) is 8. The Morgan fingerprint density at radius 2 is 1.81 bits per heavy atom. The van der Waals surface area contributed by atoms with Crippen molar-refractivity contribution in [3.8, 4) is 0 Å². The first-order valence-corrected chi connectivity index (χ1v) is 16.1. The number of carbonyl (C=O) groups is 3. The van der Waals surface area contributed by atoms with Crippen LogP contribution in [0.2, 0.25) is 0 Å². The van der Waals surface area contributed by atoms with Crippen LogP contribution >= 0.6 is 22.6 Å². The Balaban J connectivity index is 1.89. The van der Waals surface area contributed by atoms with Gasteiger partial charge in [0, 0.05) is 35.0 Å². The molecule has 0 radical (unpaired) electrons. The highest BCUT2D eigenvalue weighted by molar-refractivity contribution is 14.1. The third kappa shape index (κ3) is 9.47. The highest BCUT2D eigenvalue weighted by atomic mass is 127. The lowest BCUT2D eigenvalue weighted by molar-refractivity contribution is -0.190. The second-order valence-corrected chi connectivity index (χ2v) is 12.3. The molecule has 1 fully saturated rings. The highest BCUT2D eigenvalue weighted by Gasteiger charge is 2.52. The Labute approximate surface area is 262 Å². The van der Waals surface area contributed by atoms with Crippen molar-refractivity contribution in [2.75, 3.05) is 13.2 Å². The molecule has 1 heterocycles. The molecule has 5 unspecified atom stereocenters. The molecule has 1 aromatic rings. The van der Waals surface area contributed by atoms with E-state index in [1.165, 1.54) is 6.92 Å². The first kappa shape index (κ1) is 34.4. The largest absolute Gasteiger partial charge is 0.456 e. The van der Waals surface area contributed by atoms with Gasteiger partial charge in [0.25, 0.3) is 0 Å². The Morgan fingerprint density at radius 3 is 2.40 bits per heavy atom. The van der Waals surface area contributed by atoms with E-state index < -0.39 is 54.0 Å². The second kappa shape index (κ2) is 16.7.